The number of aryl methyl sites for hydroxylation is 1. The Morgan fingerprint density at radius 2 is 1.76 bits per heavy atom. The van der Waals surface area contributed by atoms with Crippen molar-refractivity contribution in [3.63, 3.8) is 0 Å². The third kappa shape index (κ3) is 5.63. The van der Waals surface area contributed by atoms with Crippen LogP contribution in [-0.4, -0.2) is 28.6 Å². The second-order valence-electron chi connectivity index (χ2n) is 8.58. The zero-order valence-electron chi connectivity index (χ0n) is 19.6. The van der Waals surface area contributed by atoms with Crippen LogP contribution in [0.2, 0.25) is 0 Å². The first kappa shape index (κ1) is 23.5. The first-order chi connectivity index (χ1) is 16.5. The minimum absolute atomic E-state index is 0.222. The van der Waals surface area contributed by atoms with E-state index in [-0.39, 0.29) is 11.7 Å². The summed E-state index contributed by atoms with van der Waals surface area (Å²) in [6, 6.07) is 21.8. The highest BCUT2D eigenvalue weighted by molar-refractivity contribution is 5.94. The molecule has 1 N–H and O–H groups in total. The number of carbonyl (C=O) groups is 1. The van der Waals surface area contributed by atoms with Crippen molar-refractivity contribution in [3.05, 3.63) is 95.6 Å². The van der Waals surface area contributed by atoms with Gasteiger partial charge in [0, 0.05) is 25.1 Å². The van der Waals surface area contributed by atoms with Gasteiger partial charge in [0.15, 0.2) is 0 Å². The Morgan fingerprint density at radius 1 is 1.03 bits per heavy atom. The van der Waals surface area contributed by atoms with E-state index in [0.717, 1.165) is 35.6 Å². The van der Waals surface area contributed by atoms with E-state index in [9.17, 15) is 9.18 Å². The number of nitrogens with one attached hydrogen (secondary N) is 1. The van der Waals surface area contributed by atoms with Crippen molar-refractivity contribution in [1.82, 2.24) is 14.9 Å². The Hall–Kier alpha value is -3.67. The molecule has 0 radical (unpaired) electrons. The van der Waals surface area contributed by atoms with Gasteiger partial charge in [-0.3, -0.25) is 4.79 Å². The first-order valence-corrected chi connectivity index (χ1v) is 11.7. The molecule has 34 heavy (non-hydrogen) atoms. The van der Waals surface area contributed by atoms with E-state index in [0.29, 0.717) is 31.1 Å². The van der Waals surface area contributed by atoms with Crippen LogP contribution in [0.4, 0.5) is 4.39 Å². The van der Waals surface area contributed by atoms with E-state index in [1.54, 1.807) is 0 Å². The van der Waals surface area contributed by atoms with Crippen LogP contribution in [0.1, 0.15) is 47.9 Å². The SMILES string of the molecule is CC(C)c1ccccc1OCCCn1c(CCNC(=O)c2ccc(F)cc2)nc2ccccc21. The summed E-state index contributed by atoms with van der Waals surface area (Å²) in [4.78, 5) is 17.1. The highest BCUT2D eigenvalue weighted by Gasteiger charge is 2.12. The molecule has 1 aromatic heterocycles. The van der Waals surface area contributed by atoms with Crippen LogP contribution in [0.5, 0.6) is 5.75 Å². The second-order valence-corrected chi connectivity index (χ2v) is 8.58. The van der Waals surface area contributed by atoms with E-state index in [1.807, 2.05) is 36.4 Å². The number of nitrogens with zero attached hydrogens (tertiary/aromatic N) is 2. The minimum Gasteiger partial charge on any atom is -0.493 e. The number of carbonyl (C=O) groups excluding carboxylic acids is 1. The number of imidazole rings is 1. The number of aromatic nitrogens is 2. The van der Waals surface area contributed by atoms with Gasteiger partial charge in [-0.1, -0.05) is 44.2 Å². The molecule has 0 spiro atoms. The van der Waals surface area contributed by atoms with Gasteiger partial charge in [0.05, 0.1) is 17.6 Å². The molecule has 3 aromatic carbocycles. The van der Waals surface area contributed by atoms with Crippen molar-refractivity contribution in [3.8, 4) is 5.75 Å². The lowest BCUT2D eigenvalue weighted by Gasteiger charge is -2.14. The van der Waals surface area contributed by atoms with Crippen molar-refractivity contribution in [2.75, 3.05) is 13.2 Å². The van der Waals surface area contributed by atoms with Crippen LogP contribution in [0.3, 0.4) is 0 Å². The van der Waals surface area contributed by atoms with Crippen molar-refractivity contribution in [2.24, 2.45) is 0 Å². The molecule has 0 fully saturated rings. The van der Waals surface area contributed by atoms with Gasteiger partial charge in [0.25, 0.3) is 5.91 Å². The predicted octanol–water partition coefficient (Wildman–Crippen LogP) is 5.74. The third-order valence-electron chi connectivity index (χ3n) is 5.80. The molecule has 4 aromatic rings. The summed E-state index contributed by atoms with van der Waals surface area (Å²) in [6.07, 6.45) is 1.43. The summed E-state index contributed by atoms with van der Waals surface area (Å²) in [7, 11) is 0. The van der Waals surface area contributed by atoms with Crippen LogP contribution >= 0.6 is 0 Å². The fourth-order valence-corrected chi connectivity index (χ4v) is 4.05. The summed E-state index contributed by atoms with van der Waals surface area (Å²) in [5.41, 5.74) is 3.67. The van der Waals surface area contributed by atoms with Crippen molar-refractivity contribution < 1.29 is 13.9 Å². The summed E-state index contributed by atoms with van der Waals surface area (Å²) in [5.74, 6) is 1.69. The number of para-hydroxylation sites is 3. The zero-order chi connectivity index (χ0) is 23.9. The Labute approximate surface area is 199 Å². The van der Waals surface area contributed by atoms with Gasteiger partial charge in [-0.05, 0) is 60.4 Å². The summed E-state index contributed by atoms with van der Waals surface area (Å²) in [6.45, 7) is 6.16. The van der Waals surface area contributed by atoms with Gasteiger partial charge in [0.1, 0.15) is 17.4 Å². The van der Waals surface area contributed by atoms with Crippen LogP contribution < -0.4 is 10.1 Å². The normalized spacial score (nSPS) is 11.2. The molecule has 0 saturated heterocycles. The maximum atomic E-state index is 13.1. The van der Waals surface area contributed by atoms with E-state index < -0.39 is 0 Å². The minimum atomic E-state index is -0.359. The Balaban J connectivity index is 1.38. The van der Waals surface area contributed by atoms with Gasteiger partial charge in [-0.2, -0.15) is 0 Å². The van der Waals surface area contributed by atoms with E-state index in [4.69, 9.17) is 9.72 Å². The van der Waals surface area contributed by atoms with Crippen LogP contribution in [0, 0.1) is 5.82 Å². The van der Waals surface area contributed by atoms with Crippen molar-refractivity contribution >= 4 is 16.9 Å². The Bertz CT molecular complexity index is 1250. The van der Waals surface area contributed by atoms with Gasteiger partial charge in [-0.15, -0.1) is 0 Å². The van der Waals surface area contributed by atoms with E-state index in [1.165, 1.54) is 29.8 Å². The molecular weight excluding hydrogens is 429 g/mol. The van der Waals surface area contributed by atoms with Crippen LogP contribution in [0.15, 0.2) is 72.8 Å². The van der Waals surface area contributed by atoms with Crippen LogP contribution in [-0.2, 0) is 13.0 Å². The summed E-state index contributed by atoms with van der Waals surface area (Å²) in [5, 5.41) is 2.90. The molecule has 5 nitrogen and oxygen atoms in total. The lowest BCUT2D eigenvalue weighted by molar-refractivity contribution is 0.0954. The maximum absolute atomic E-state index is 13.1. The van der Waals surface area contributed by atoms with E-state index in [2.05, 4.69) is 35.9 Å². The maximum Gasteiger partial charge on any atom is 0.251 e. The Morgan fingerprint density at radius 3 is 2.56 bits per heavy atom. The number of hydrogen-bond donors (Lipinski definition) is 1. The molecule has 1 amide bonds. The topological polar surface area (TPSA) is 56.1 Å². The molecular formula is C28H30FN3O2. The predicted molar refractivity (Wildman–Crippen MR) is 133 cm³/mol. The molecule has 0 bridgehead atoms. The average molecular weight is 460 g/mol. The monoisotopic (exact) mass is 459 g/mol. The molecule has 6 heteroatoms. The molecule has 0 aliphatic carbocycles. The quantitative estimate of drug-likeness (QED) is 0.308. The largest absolute Gasteiger partial charge is 0.493 e. The molecule has 0 aliphatic rings. The smallest absolute Gasteiger partial charge is 0.251 e. The molecule has 0 unspecified atom stereocenters. The van der Waals surface area contributed by atoms with Crippen LogP contribution in [0.25, 0.3) is 11.0 Å². The third-order valence-corrected chi connectivity index (χ3v) is 5.80. The fraction of sp³-hybridized carbons (Fsp3) is 0.286. The standard InChI is InChI=1S/C28H30FN3O2/c1-20(2)23-8-3-6-11-26(23)34-19-7-18-32-25-10-5-4-9-24(25)31-27(32)16-17-30-28(33)21-12-14-22(29)15-13-21/h3-6,8-15,20H,7,16-19H2,1-2H3,(H,30,33). The molecule has 0 aliphatic heterocycles. The number of ether oxygens (including phenoxy) is 1. The molecule has 176 valence electrons. The average Bonchev–Trinajstić information content (AvgIpc) is 3.19. The van der Waals surface area contributed by atoms with Gasteiger partial charge >= 0.3 is 0 Å². The number of rotatable bonds is 10. The van der Waals surface area contributed by atoms with E-state index >= 15 is 0 Å². The lowest BCUT2D eigenvalue weighted by Crippen LogP contribution is -2.26. The molecule has 1 heterocycles. The molecule has 0 atom stereocenters. The van der Waals surface area contributed by atoms with Gasteiger partial charge in [0.2, 0.25) is 0 Å². The number of amides is 1. The number of benzene rings is 3. The van der Waals surface area contributed by atoms with Gasteiger partial charge < -0.3 is 14.6 Å². The molecule has 0 saturated carbocycles. The number of halogens is 1. The molecule has 4 rings (SSSR count). The number of hydrogen-bond acceptors (Lipinski definition) is 3. The first-order valence-electron chi connectivity index (χ1n) is 11.7. The fourth-order valence-electron chi connectivity index (χ4n) is 4.05. The lowest BCUT2D eigenvalue weighted by atomic mass is 10.0. The highest BCUT2D eigenvalue weighted by Crippen LogP contribution is 2.26. The zero-order valence-corrected chi connectivity index (χ0v) is 19.6. The summed E-state index contributed by atoms with van der Waals surface area (Å²) >= 11 is 0. The second kappa shape index (κ2) is 11.0. The number of fused-ring (bicyclic) bond motifs is 1. The van der Waals surface area contributed by atoms with Gasteiger partial charge in [-0.25, -0.2) is 9.37 Å². The van der Waals surface area contributed by atoms with Crippen molar-refractivity contribution in [1.29, 1.82) is 0 Å². The Kier molecular flexibility index (Phi) is 7.58. The highest BCUT2D eigenvalue weighted by atomic mass is 19.1. The summed E-state index contributed by atoms with van der Waals surface area (Å²) < 4.78 is 21.4. The van der Waals surface area contributed by atoms with Crippen molar-refractivity contribution in [2.45, 2.75) is 39.2 Å².